The van der Waals surface area contributed by atoms with Crippen LogP contribution < -0.4 is 10.2 Å². The molecule has 5 heterocycles. The summed E-state index contributed by atoms with van der Waals surface area (Å²) in [6.07, 6.45) is 5.02. The molecule has 35 heavy (non-hydrogen) atoms. The Labute approximate surface area is 203 Å². The van der Waals surface area contributed by atoms with E-state index in [-0.39, 0.29) is 18.7 Å². The summed E-state index contributed by atoms with van der Waals surface area (Å²) >= 11 is 0. The van der Waals surface area contributed by atoms with Gasteiger partial charge in [0.1, 0.15) is 5.52 Å². The van der Waals surface area contributed by atoms with Crippen molar-refractivity contribution in [2.24, 2.45) is 0 Å². The second kappa shape index (κ2) is 9.44. The first kappa shape index (κ1) is 22.9. The fourth-order valence-corrected chi connectivity index (χ4v) is 4.75. The molecule has 180 valence electrons. The molecule has 9 heteroatoms. The minimum Gasteiger partial charge on any atom is -0.390 e. The number of nitrogens with zero attached hydrogens (tertiary/aromatic N) is 5. The van der Waals surface area contributed by atoms with Gasteiger partial charge in [0.15, 0.2) is 0 Å². The van der Waals surface area contributed by atoms with E-state index in [1.807, 2.05) is 23.1 Å². The molecule has 0 bridgehead atoms. The second-order valence-corrected chi connectivity index (χ2v) is 8.78. The minimum absolute atomic E-state index is 0.00462. The normalized spacial score (nSPS) is 16.4. The number of hydrogen-bond donors (Lipinski definition) is 2. The Kier molecular flexibility index (Phi) is 6.19. The third kappa shape index (κ3) is 4.24. The number of rotatable bonds is 6. The zero-order valence-electron chi connectivity index (χ0n) is 19.7. The number of anilines is 1. The van der Waals surface area contributed by atoms with Crippen molar-refractivity contribution in [3.63, 3.8) is 0 Å². The summed E-state index contributed by atoms with van der Waals surface area (Å²) in [6, 6.07) is 7.23. The molecular formula is C26H28N6O3. The Morgan fingerprint density at radius 2 is 2.00 bits per heavy atom. The van der Waals surface area contributed by atoms with Gasteiger partial charge >= 0.3 is 6.03 Å². The van der Waals surface area contributed by atoms with Crippen LogP contribution in [0, 0.1) is 0 Å². The fourth-order valence-electron chi connectivity index (χ4n) is 4.75. The van der Waals surface area contributed by atoms with Crippen molar-refractivity contribution < 1.29 is 14.6 Å². The highest BCUT2D eigenvalue weighted by molar-refractivity contribution is 6.11. The van der Waals surface area contributed by atoms with Crippen molar-refractivity contribution in [3.05, 3.63) is 66.8 Å². The van der Waals surface area contributed by atoms with E-state index in [0.717, 1.165) is 48.4 Å². The van der Waals surface area contributed by atoms with Crippen molar-refractivity contribution in [2.75, 3.05) is 31.7 Å². The molecule has 0 radical (unpaired) electrons. The van der Waals surface area contributed by atoms with Crippen molar-refractivity contribution in [1.82, 2.24) is 25.2 Å². The van der Waals surface area contributed by atoms with Gasteiger partial charge in [-0.1, -0.05) is 13.2 Å². The third-order valence-electron chi connectivity index (χ3n) is 6.60. The van der Waals surface area contributed by atoms with Gasteiger partial charge in [-0.25, -0.2) is 9.78 Å². The molecule has 0 aliphatic carbocycles. The quantitative estimate of drug-likeness (QED) is 0.567. The molecular weight excluding hydrogens is 444 g/mol. The van der Waals surface area contributed by atoms with Crippen molar-refractivity contribution in [2.45, 2.75) is 25.5 Å². The van der Waals surface area contributed by atoms with Crippen LogP contribution in [-0.2, 0) is 11.3 Å². The Morgan fingerprint density at radius 3 is 2.69 bits per heavy atom. The number of aromatic nitrogens is 3. The number of amides is 2. The highest BCUT2D eigenvalue weighted by Crippen LogP contribution is 2.38. The monoisotopic (exact) mass is 472 g/mol. The number of aliphatic hydroxyl groups is 1. The summed E-state index contributed by atoms with van der Waals surface area (Å²) in [5.74, 6) is 0. The highest BCUT2D eigenvalue weighted by atomic mass is 16.5. The van der Waals surface area contributed by atoms with Gasteiger partial charge in [0.25, 0.3) is 0 Å². The number of nitrogens with one attached hydrogen (secondary N) is 1. The number of hydrogen-bond acceptors (Lipinski definition) is 7. The van der Waals surface area contributed by atoms with E-state index in [0.29, 0.717) is 34.7 Å². The summed E-state index contributed by atoms with van der Waals surface area (Å²) in [5, 5.41) is 12.2. The molecule has 0 aromatic carbocycles. The Hall–Kier alpha value is -3.82. The lowest BCUT2D eigenvalue weighted by atomic mass is 9.98. The van der Waals surface area contributed by atoms with Crippen LogP contribution in [0.15, 0.2) is 55.5 Å². The molecule has 3 aromatic rings. The van der Waals surface area contributed by atoms with Crippen LogP contribution in [0.25, 0.3) is 28.0 Å². The predicted molar refractivity (Wildman–Crippen MR) is 134 cm³/mol. The number of pyridine rings is 3. The molecule has 1 saturated heterocycles. The molecule has 2 N–H and O–H groups in total. The highest BCUT2D eigenvalue weighted by Gasteiger charge is 2.36. The first-order valence-corrected chi connectivity index (χ1v) is 11.6. The van der Waals surface area contributed by atoms with Crippen LogP contribution >= 0.6 is 0 Å². The van der Waals surface area contributed by atoms with E-state index in [4.69, 9.17) is 9.72 Å². The standard InChI is InChI=1S/C26H28N6O3/c1-16(15-35-3)31-10-8-20(9-11-31)32-25-21(17(2)29-26(32)34)13-28-23-7-6-22(30-24(23)25)18-4-5-19(14-33)27-12-18/h4-7,12-13,20,33H,1-2,8-11,14-15H2,3H3,(H,29,34). The van der Waals surface area contributed by atoms with Gasteiger partial charge in [-0.15, -0.1) is 0 Å². The first-order valence-electron chi connectivity index (χ1n) is 11.6. The number of piperidine rings is 1. The number of carbonyl (C=O) groups excluding carboxylic acids is 1. The lowest BCUT2D eigenvalue weighted by molar-refractivity contribution is 0.172. The fraction of sp³-hybridized carbons (Fsp3) is 0.308. The van der Waals surface area contributed by atoms with Crippen molar-refractivity contribution in [3.8, 4) is 11.3 Å². The van der Waals surface area contributed by atoms with Gasteiger partial charge in [-0.05, 0) is 37.1 Å². The van der Waals surface area contributed by atoms with E-state index in [2.05, 4.69) is 33.3 Å². The number of urea groups is 1. The molecule has 0 unspecified atom stereocenters. The smallest absolute Gasteiger partial charge is 0.326 e. The van der Waals surface area contributed by atoms with E-state index >= 15 is 0 Å². The molecule has 0 atom stereocenters. The molecule has 9 nitrogen and oxygen atoms in total. The topological polar surface area (TPSA) is 104 Å². The van der Waals surface area contributed by atoms with Crippen LogP contribution in [0.3, 0.4) is 0 Å². The molecule has 3 aromatic heterocycles. The second-order valence-electron chi connectivity index (χ2n) is 8.78. The summed E-state index contributed by atoms with van der Waals surface area (Å²) in [5.41, 5.74) is 6.43. The van der Waals surface area contributed by atoms with E-state index in [9.17, 15) is 9.90 Å². The first-order chi connectivity index (χ1) is 17.0. The number of ether oxygens (including phenoxy) is 1. The van der Waals surface area contributed by atoms with E-state index in [1.54, 1.807) is 25.6 Å². The minimum atomic E-state index is -0.203. The zero-order chi connectivity index (χ0) is 24.5. The van der Waals surface area contributed by atoms with Crippen LogP contribution in [0.2, 0.25) is 0 Å². The Balaban J connectivity index is 1.54. The number of methoxy groups -OCH3 is 1. The zero-order valence-corrected chi connectivity index (χ0v) is 19.7. The van der Waals surface area contributed by atoms with E-state index in [1.165, 1.54) is 0 Å². The van der Waals surface area contributed by atoms with Gasteiger partial charge in [-0.3, -0.25) is 14.9 Å². The summed E-state index contributed by atoms with van der Waals surface area (Å²) in [6.45, 7) is 10.1. The van der Waals surface area contributed by atoms with Gasteiger partial charge in [0.2, 0.25) is 0 Å². The lowest BCUT2D eigenvalue weighted by Gasteiger charge is -2.42. The molecule has 1 fully saturated rings. The van der Waals surface area contributed by atoms with Crippen LogP contribution in [0.5, 0.6) is 0 Å². The number of carbonyl (C=O) groups is 1. The SMILES string of the molecule is C=C1NC(=O)N(C2CCN(C(=C)COC)CC2)c2c1cnc1ccc(-c3ccc(CO)nc3)nc21. The van der Waals surface area contributed by atoms with Gasteiger partial charge in [0.05, 0.1) is 35.8 Å². The number of aliphatic hydroxyl groups excluding tert-OH is 1. The largest absolute Gasteiger partial charge is 0.390 e. The maximum atomic E-state index is 13.3. The Bertz CT molecular complexity index is 1300. The van der Waals surface area contributed by atoms with Crippen molar-refractivity contribution in [1.29, 1.82) is 0 Å². The van der Waals surface area contributed by atoms with Gasteiger partial charge < -0.3 is 20.1 Å². The average molecular weight is 473 g/mol. The summed E-state index contributed by atoms with van der Waals surface area (Å²) in [4.78, 5) is 31.1. The van der Waals surface area contributed by atoms with Gasteiger partial charge in [0, 0.05) is 61.2 Å². The molecule has 5 rings (SSSR count). The molecule has 2 aliphatic heterocycles. The van der Waals surface area contributed by atoms with Crippen molar-refractivity contribution >= 4 is 28.4 Å². The summed E-state index contributed by atoms with van der Waals surface area (Å²) < 4.78 is 5.23. The van der Waals surface area contributed by atoms with Crippen LogP contribution in [0.4, 0.5) is 10.5 Å². The number of likely N-dealkylation sites (tertiary alicyclic amines) is 1. The Morgan fingerprint density at radius 1 is 1.20 bits per heavy atom. The molecule has 0 saturated carbocycles. The predicted octanol–water partition coefficient (Wildman–Crippen LogP) is 3.31. The van der Waals surface area contributed by atoms with Crippen LogP contribution in [0.1, 0.15) is 24.1 Å². The lowest BCUT2D eigenvalue weighted by Crippen LogP contribution is -2.53. The van der Waals surface area contributed by atoms with E-state index < -0.39 is 0 Å². The molecule has 0 spiro atoms. The maximum absolute atomic E-state index is 13.3. The molecule has 2 aliphatic rings. The average Bonchev–Trinajstić information content (AvgIpc) is 2.89. The third-order valence-corrected chi connectivity index (χ3v) is 6.60. The van der Waals surface area contributed by atoms with Crippen LogP contribution in [-0.4, -0.2) is 63.8 Å². The molecule has 2 amide bonds. The maximum Gasteiger partial charge on any atom is 0.326 e. The summed E-state index contributed by atoms with van der Waals surface area (Å²) in [7, 11) is 1.66. The number of fused-ring (bicyclic) bond motifs is 3. The van der Waals surface area contributed by atoms with Gasteiger partial charge in [-0.2, -0.15) is 0 Å².